The number of rotatable bonds is 1. The van der Waals surface area contributed by atoms with Gasteiger partial charge in [0.25, 0.3) is 0 Å². The zero-order chi connectivity index (χ0) is 9.10. The highest BCUT2D eigenvalue weighted by Gasteiger charge is 1.96. The Balaban J connectivity index is 2.82. The molecule has 4 nitrogen and oxygen atoms in total. The van der Waals surface area contributed by atoms with Crippen molar-refractivity contribution in [3.8, 4) is 0 Å². The van der Waals surface area contributed by atoms with Crippen LogP contribution in [-0.2, 0) is 0 Å². The molecule has 0 aliphatic heterocycles. The monoisotopic (exact) mass is 170 g/mol. The molecular formula is C9H6N4. The van der Waals surface area contributed by atoms with Gasteiger partial charge in [-0.1, -0.05) is 23.3 Å². The molecule has 0 saturated carbocycles. The van der Waals surface area contributed by atoms with Crippen molar-refractivity contribution in [2.75, 3.05) is 0 Å². The van der Waals surface area contributed by atoms with E-state index < -0.39 is 0 Å². The van der Waals surface area contributed by atoms with Crippen molar-refractivity contribution in [1.82, 2.24) is 4.98 Å². The molecule has 1 heterocycles. The van der Waals surface area contributed by atoms with E-state index in [2.05, 4.69) is 15.0 Å². The lowest BCUT2D eigenvalue weighted by atomic mass is 10.2. The number of nitrogens with zero attached hydrogens (tertiary/aromatic N) is 4. The highest BCUT2D eigenvalue weighted by Crippen LogP contribution is 2.23. The van der Waals surface area contributed by atoms with Crippen LogP contribution in [0.4, 0.5) is 5.69 Å². The molecule has 0 unspecified atom stereocenters. The minimum absolute atomic E-state index is 0.619. The summed E-state index contributed by atoms with van der Waals surface area (Å²) in [6.45, 7) is 0. The molecule has 0 N–H and O–H groups in total. The summed E-state index contributed by atoms with van der Waals surface area (Å²) in [6.07, 6.45) is 1.71. The van der Waals surface area contributed by atoms with Gasteiger partial charge in [-0.25, -0.2) is 0 Å². The van der Waals surface area contributed by atoms with Gasteiger partial charge in [-0.15, -0.1) is 0 Å². The smallest absolute Gasteiger partial charge is 0.0706 e. The Hall–Kier alpha value is -2.06. The van der Waals surface area contributed by atoms with Gasteiger partial charge in [0.15, 0.2) is 0 Å². The van der Waals surface area contributed by atoms with Crippen molar-refractivity contribution in [2.24, 2.45) is 5.11 Å². The van der Waals surface area contributed by atoms with E-state index in [1.54, 1.807) is 12.3 Å². The number of fused-ring (bicyclic) bond motifs is 1. The summed E-state index contributed by atoms with van der Waals surface area (Å²) in [6, 6.07) is 9.17. The second-order valence-corrected chi connectivity index (χ2v) is 2.54. The van der Waals surface area contributed by atoms with Gasteiger partial charge in [0, 0.05) is 22.2 Å². The van der Waals surface area contributed by atoms with Crippen LogP contribution in [0.3, 0.4) is 0 Å². The van der Waals surface area contributed by atoms with Crippen molar-refractivity contribution in [3.05, 3.63) is 47.0 Å². The average Bonchev–Trinajstić information content (AvgIpc) is 2.19. The number of hydrogen-bond donors (Lipinski definition) is 0. The largest absolute Gasteiger partial charge is 0.256 e. The topological polar surface area (TPSA) is 61.7 Å². The van der Waals surface area contributed by atoms with Crippen LogP contribution < -0.4 is 0 Å². The van der Waals surface area contributed by atoms with Gasteiger partial charge >= 0.3 is 0 Å². The van der Waals surface area contributed by atoms with Crippen molar-refractivity contribution >= 4 is 16.6 Å². The predicted octanol–water partition coefficient (Wildman–Crippen LogP) is 3.18. The molecule has 2 aromatic rings. The Morgan fingerprint density at radius 2 is 2.15 bits per heavy atom. The third-order valence-electron chi connectivity index (χ3n) is 1.78. The van der Waals surface area contributed by atoms with Gasteiger partial charge in [-0.05, 0) is 17.7 Å². The van der Waals surface area contributed by atoms with E-state index in [1.807, 2.05) is 24.3 Å². The Kier molecular flexibility index (Phi) is 1.82. The summed E-state index contributed by atoms with van der Waals surface area (Å²) >= 11 is 0. The lowest BCUT2D eigenvalue weighted by Gasteiger charge is -1.97. The van der Waals surface area contributed by atoms with Crippen LogP contribution in [-0.4, -0.2) is 4.98 Å². The highest BCUT2D eigenvalue weighted by molar-refractivity contribution is 5.89. The summed E-state index contributed by atoms with van der Waals surface area (Å²) in [5.74, 6) is 0. The molecule has 0 bridgehead atoms. The maximum atomic E-state index is 8.32. The van der Waals surface area contributed by atoms with Gasteiger partial charge in [-0.2, -0.15) is 0 Å². The number of aromatic nitrogens is 1. The fourth-order valence-corrected chi connectivity index (χ4v) is 1.22. The maximum Gasteiger partial charge on any atom is 0.0706 e. The molecule has 62 valence electrons. The maximum absolute atomic E-state index is 8.32. The normalized spacial score (nSPS) is 9.54. The van der Waals surface area contributed by atoms with Crippen molar-refractivity contribution in [2.45, 2.75) is 0 Å². The molecule has 1 aromatic carbocycles. The molecule has 0 fully saturated rings. The zero-order valence-electron chi connectivity index (χ0n) is 6.75. The summed E-state index contributed by atoms with van der Waals surface area (Å²) in [5.41, 5.74) is 9.78. The molecular weight excluding hydrogens is 164 g/mol. The Morgan fingerprint density at radius 3 is 3.00 bits per heavy atom. The number of pyridine rings is 1. The van der Waals surface area contributed by atoms with E-state index >= 15 is 0 Å². The summed E-state index contributed by atoms with van der Waals surface area (Å²) in [4.78, 5) is 6.89. The lowest BCUT2D eigenvalue weighted by Crippen LogP contribution is -1.75. The van der Waals surface area contributed by atoms with Crippen LogP contribution in [0.1, 0.15) is 0 Å². The van der Waals surface area contributed by atoms with Crippen LogP contribution in [0, 0.1) is 0 Å². The molecule has 0 saturated heterocycles. The first-order chi connectivity index (χ1) is 6.42. The SMILES string of the molecule is [N-]=[N+]=Nc1cccc2ncccc12. The molecule has 4 heteroatoms. The van der Waals surface area contributed by atoms with Gasteiger partial charge < -0.3 is 0 Å². The highest BCUT2D eigenvalue weighted by atomic mass is 15.1. The van der Waals surface area contributed by atoms with E-state index in [-0.39, 0.29) is 0 Å². The summed E-state index contributed by atoms with van der Waals surface area (Å²) in [7, 11) is 0. The predicted molar refractivity (Wildman–Crippen MR) is 50.5 cm³/mol. The molecule has 0 aliphatic carbocycles. The fraction of sp³-hybridized carbons (Fsp3) is 0. The van der Waals surface area contributed by atoms with Crippen molar-refractivity contribution in [1.29, 1.82) is 0 Å². The van der Waals surface area contributed by atoms with Crippen LogP contribution >= 0.6 is 0 Å². The molecule has 0 radical (unpaired) electrons. The molecule has 0 spiro atoms. The molecule has 0 aliphatic rings. The number of azide groups is 1. The second kappa shape index (κ2) is 3.13. The molecule has 1 aromatic heterocycles. The van der Waals surface area contributed by atoms with E-state index in [9.17, 15) is 0 Å². The first kappa shape index (κ1) is 7.58. The second-order valence-electron chi connectivity index (χ2n) is 2.54. The average molecular weight is 170 g/mol. The molecule has 0 atom stereocenters. The van der Waals surface area contributed by atoms with E-state index in [1.165, 1.54) is 0 Å². The summed E-state index contributed by atoms with van der Waals surface area (Å²) < 4.78 is 0. The van der Waals surface area contributed by atoms with E-state index in [0.717, 1.165) is 10.9 Å². The van der Waals surface area contributed by atoms with Crippen LogP contribution in [0.15, 0.2) is 41.6 Å². The minimum Gasteiger partial charge on any atom is -0.256 e. The number of hydrogen-bond acceptors (Lipinski definition) is 2. The number of benzene rings is 1. The minimum atomic E-state index is 0.619. The standard InChI is InChI=1S/C9H6N4/c10-13-12-9-5-1-4-8-7(9)3-2-6-11-8/h1-6H. The zero-order valence-corrected chi connectivity index (χ0v) is 6.75. The van der Waals surface area contributed by atoms with Gasteiger partial charge in [-0.3, -0.25) is 4.98 Å². The van der Waals surface area contributed by atoms with Crippen LogP contribution in [0.2, 0.25) is 0 Å². The lowest BCUT2D eigenvalue weighted by molar-refractivity contribution is 1.40. The quantitative estimate of drug-likeness (QED) is 0.368. The Morgan fingerprint density at radius 1 is 1.23 bits per heavy atom. The van der Waals surface area contributed by atoms with Crippen LogP contribution in [0.25, 0.3) is 21.3 Å². The first-order valence-electron chi connectivity index (χ1n) is 3.80. The van der Waals surface area contributed by atoms with Gasteiger partial charge in [0.2, 0.25) is 0 Å². The Labute approximate surface area is 74.5 Å². The summed E-state index contributed by atoms with van der Waals surface area (Å²) in [5, 5.41) is 4.45. The molecule has 13 heavy (non-hydrogen) atoms. The third kappa shape index (κ3) is 1.30. The third-order valence-corrected chi connectivity index (χ3v) is 1.78. The first-order valence-corrected chi connectivity index (χ1v) is 3.80. The van der Waals surface area contributed by atoms with Crippen molar-refractivity contribution < 1.29 is 0 Å². The van der Waals surface area contributed by atoms with Crippen molar-refractivity contribution in [3.63, 3.8) is 0 Å². The fourth-order valence-electron chi connectivity index (χ4n) is 1.22. The van der Waals surface area contributed by atoms with E-state index in [0.29, 0.717) is 5.69 Å². The van der Waals surface area contributed by atoms with Gasteiger partial charge in [0.05, 0.1) is 5.52 Å². The van der Waals surface area contributed by atoms with E-state index in [4.69, 9.17) is 5.53 Å². The molecule has 0 amide bonds. The Bertz CT molecular complexity index is 480. The van der Waals surface area contributed by atoms with Gasteiger partial charge in [0.1, 0.15) is 0 Å². The van der Waals surface area contributed by atoms with Crippen LogP contribution in [0.5, 0.6) is 0 Å². The molecule has 2 rings (SSSR count).